The standard InChI is InChI=1S/C23H22ClN3O4/c1-31-11-10-27-20(28)17-16(12-13-6-3-2-4-7-13)26-23(18(17)21(27)29)14-8-5-9-15(24)19(14)25-22(23)30/h2-9,16-18,26H,10-12H2,1H3,(H,25,30)/t16-,17-,18+,23-/m1/s1. The molecule has 7 nitrogen and oxygen atoms in total. The molecule has 0 aromatic heterocycles. The van der Waals surface area contributed by atoms with E-state index < -0.39 is 17.4 Å². The summed E-state index contributed by atoms with van der Waals surface area (Å²) < 4.78 is 5.10. The van der Waals surface area contributed by atoms with Crippen LogP contribution < -0.4 is 10.6 Å². The minimum Gasteiger partial charge on any atom is -0.383 e. The van der Waals surface area contributed by atoms with Crippen LogP contribution in [-0.4, -0.2) is 48.9 Å². The zero-order chi connectivity index (χ0) is 21.8. The van der Waals surface area contributed by atoms with Crippen LogP contribution in [0.2, 0.25) is 5.02 Å². The lowest BCUT2D eigenvalue weighted by Crippen LogP contribution is -2.53. The molecule has 2 saturated heterocycles. The lowest BCUT2D eigenvalue weighted by molar-refractivity contribution is -0.143. The van der Waals surface area contributed by atoms with E-state index in [1.165, 1.54) is 12.0 Å². The minimum absolute atomic E-state index is 0.166. The van der Waals surface area contributed by atoms with Crippen molar-refractivity contribution in [1.29, 1.82) is 0 Å². The van der Waals surface area contributed by atoms with Crippen molar-refractivity contribution in [3.05, 3.63) is 64.7 Å². The molecular formula is C23H22ClN3O4. The number of para-hydroxylation sites is 1. The Labute approximate surface area is 184 Å². The summed E-state index contributed by atoms with van der Waals surface area (Å²) in [7, 11) is 1.52. The zero-order valence-electron chi connectivity index (χ0n) is 16.9. The fourth-order valence-electron chi connectivity index (χ4n) is 5.30. The van der Waals surface area contributed by atoms with Crippen LogP contribution in [0, 0.1) is 11.8 Å². The van der Waals surface area contributed by atoms with Crippen molar-refractivity contribution in [2.24, 2.45) is 11.8 Å². The zero-order valence-corrected chi connectivity index (χ0v) is 17.7. The molecule has 3 heterocycles. The topological polar surface area (TPSA) is 87.7 Å². The molecule has 4 atom stereocenters. The molecule has 8 heteroatoms. The predicted octanol–water partition coefficient (Wildman–Crippen LogP) is 1.95. The first-order chi connectivity index (χ1) is 15.0. The monoisotopic (exact) mass is 439 g/mol. The lowest BCUT2D eigenvalue weighted by Gasteiger charge is -2.29. The Morgan fingerprint density at radius 2 is 1.84 bits per heavy atom. The van der Waals surface area contributed by atoms with Crippen molar-refractivity contribution >= 4 is 35.0 Å². The van der Waals surface area contributed by atoms with Gasteiger partial charge in [-0.1, -0.05) is 54.1 Å². The molecule has 0 saturated carbocycles. The van der Waals surface area contributed by atoms with E-state index in [0.717, 1.165) is 5.56 Å². The van der Waals surface area contributed by atoms with Crippen LogP contribution in [0.4, 0.5) is 5.69 Å². The molecule has 2 fully saturated rings. The van der Waals surface area contributed by atoms with Gasteiger partial charge in [-0.15, -0.1) is 0 Å². The molecule has 160 valence electrons. The first-order valence-electron chi connectivity index (χ1n) is 10.2. The Morgan fingerprint density at radius 3 is 2.58 bits per heavy atom. The van der Waals surface area contributed by atoms with Crippen LogP contribution in [0.25, 0.3) is 0 Å². The molecule has 2 aromatic carbocycles. The fraction of sp³-hybridized carbons (Fsp3) is 0.348. The smallest absolute Gasteiger partial charge is 0.250 e. The van der Waals surface area contributed by atoms with Crippen molar-refractivity contribution in [1.82, 2.24) is 10.2 Å². The summed E-state index contributed by atoms with van der Waals surface area (Å²) >= 11 is 6.35. The highest BCUT2D eigenvalue weighted by molar-refractivity contribution is 6.35. The van der Waals surface area contributed by atoms with E-state index in [2.05, 4.69) is 10.6 Å². The molecule has 0 radical (unpaired) electrons. The van der Waals surface area contributed by atoms with Crippen molar-refractivity contribution in [3.63, 3.8) is 0 Å². The largest absolute Gasteiger partial charge is 0.383 e. The quantitative estimate of drug-likeness (QED) is 0.695. The van der Waals surface area contributed by atoms with E-state index in [0.29, 0.717) is 22.7 Å². The number of halogens is 1. The van der Waals surface area contributed by atoms with Crippen LogP contribution in [0.5, 0.6) is 0 Å². The number of carbonyl (C=O) groups is 3. The molecule has 1 spiro atoms. The SMILES string of the molecule is COCCN1C(=O)[C@H]2[C@@H](C1=O)[C@@]1(N[C@@H]2Cc2ccccc2)C(=O)Nc2c(Cl)cccc21. The number of hydrogen-bond acceptors (Lipinski definition) is 5. The summed E-state index contributed by atoms with van der Waals surface area (Å²) in [4.78, 5) is 41.5. The second-order valence-corrected chi connectivity index (χ2v) is 8.60. The molecule has 5 rings (SSSR count). The van der Waals surface area contributed by atoms with Crippen molar-refractivity contribution in [2.45, 2.75) is 18.0 Å². The molecular weight excluding hydrogens is 418 g/mol. The Bertz CT molecular complexity index is 1080. The number of carbonyl (C=O) groups excluding carboxylic acids is 3. The number of ether oxygens (including phenoxy) is 1. The Balaban J connectivity index is 1.62. The first-order valence-corrected chi connectivity index (χ1v) is 10.6. The van der Waals surface area contributed by atoms with Gasteiger partial charge in [0.1, 0.15) is 5.54 Å². The van der Waals surface area contributed by atoms with E-state index in [1.54, 1.807) is 18.2 Å². The fourth-order valence-corrected chi connectivity index (χ4v) is 5.52. The van der Waals surface area contributed by atoms with Gasteiger partial charge in [-0.25, -0.2) is 0 Å². The number of amides is 3. The third-order valence-corrected chi connectivity index (χ3v) is 6.92. The molecule has 2 aromatic rings. The van der Waals surface area contributed by atoms with Gasteiger partial charge in [0.15, 0.2) is 0 Å². The van der Waals surface area contributed by atoms with E-state index in [-0.39, 0.29) is 36.9 Å². The summed E-state index contributed by atoms with van der Waals surface area (Å²) in [6, 6.07) is 14.6. The number of anilines is 1. The summed E-state index contributed by atoms with van der Waals surface area (Å²) in [5, 5.41) is 6.67. The molecule has 0 unspecified atom stereocenters. The Hall–Kier alpha value is -2.74. The average molecular weight is 440 g/mol. The number of imide groups is 1. The number of rotatable bonds is 5. The highest BCUT2D eigenvalue weighted by Crippen LogP contribution is 2.54. The maximum absolute atomic E-state index is 13.5. The van der Waals surface area contributed by atoms with Gasteiger partial charge in [-0.3, -0.25) is 24.6 Å². The van der Waals surface area contributed by atoms with Gasteiger partial charge < -0.3 is 10.1 Å². The third-order valence-electron chi connectivity index (χ3n) is 6.61. The molecule has 0 aliphatic carbocycles. The number of fused-ring (bicyclic) bond motifs is 4. The van der Waals surface area contributed by atoms with E-state index in [9.17, 15) is 14.4 Å². The van der Waals surface area contributed by atoms with Crippen LogP contribution in [0.1, 0.15) is 11.1 Å². The highest BCUT2D eigenvalue weighted by Gasteiger charge is 2.70. The number of nitrogens with one attached hydrogen (secondary N) is 2. The number of methoxy groups -OCH3 is 1. The van der Waals surface area contributed by atoms with E-state index >= 15 is 0 Å². The van der Waals surface area contributed by atoms with Gasteiger partial charge in [0.2, 0.25) is 17.7 Å². The second-order valence-electron chi connectivity index (χ2n) is 8.19. The number of likely N-dealkylation sites (tertiary alicyclic amines) is 1. The molecule has 0 bridgehead atoms. The van der Waals surface area contributed by atoms with Crippen molar-refractivity contribution in [3.8, 4) is 0 Å². The molecule has 31 heavy (non-hydrogen) atoms. The van der Waals surface area contributed by atoms with Crippen molar-refractivity contribution in [2.75, 3.05) is 25.6 Å². The summed E-state index contributed by atoms with van der Waals surface area (Å²) in [6.07, 6.45) is 0.518. The van der Waals surface area contributed by atoms with Gasteiger partial charge in [-0.2, -0.15) is 0 Å². The van der Waals surface area contributed by atoms with Crippen LogP contribution >= 0.6 is 11.6 Å². The number of hydrogen-bond donors (Lipinski definition) is 2. The van der Waals surface area contributed by atoms with Crippen LogP contribution in [0.15, 0.2) is 48.5 Å². The number of benzene rings is 2. The number of nitrogens with zero attached hydrogens (tertiary/aromatic N) is 1. The summed E-state index contributed by atoms with van der Waals surface area (Å²) in [5.74, 6) is -2.46. The second kappa shape index (κ2) is 7.44. The van der Waals surface area contributed by atoms with E-state index in [4.69, 9.17) is 16.3 Å². The summed E-state index contributed by atoms with van der Waals surface area (Å²) in [6.45, 7) is 0.411. The minimum atomic E-state index is -1.33. The third kappa shape index (κ3) is 2.84. The van der Waals surface area contributed by atoms with Gasteiger partial charge >= 0.3 is 0 Å². The van der Waals surface area contributed by atoms with Gasteiger partial charge in [-0.05, 0) is 18.1 Å². The first kappa shape index (κ1) is 20.2. The Kier molecular flexibility index (Phi) is 4.84. The van der Waals surface area contributed by atoms with Gasteiger partial charge in [0.25, 0.3) is 0 Å². The average Bonchev–Trinajstić information content (AvgIpc) is 3.34. The van der Waals surface area contributed by atoms with Gasteiger partial charge in [0, 0.05) is 18.7 Å². The molecule has 3 amide bonds. The molecule has 3 aliphatic rings. The summed E-state index contributed by atoms with van der Waals surface area (Å²) in [5.41, 5.74) is 0.802. The molecule has 3 aliphatic heterocycles. The maximum Gasteiger partial charge on any atom is 0.250 e. The van der Waals surface area contributed by atoms with Crippen LogP contribution in [0.3, 0.4) is 0 Å². The Morgan fingerprint density at radius 1 is 1.06 bits per heavy atom. The van der Waals surface area contributed by atoms with E-state index in [1.807, 2.05) is 30.3 Å². The van der Waals surface area contributed by atoms with Crippen molar-refractivity contribution < 1.29 is 19.1 Å². The van der Waals surface area contributed by atoms with Gasteiger partial charge in [0.05, 0.1) is 35.7 Å². The maximum atomic E-state index is 13.5. The van der Waals surface area contributed by atoms with Crippen LogP contribution in [-0.2, 0) is 31.1 Å². The molecule has 2 N–H and O–H groups in total. The predicted molar refractivity (Wildman–Crippen MR) is 114 cm³/mol. The normalized spacial score (nSPS) is 28.9. The highest BCUT2D eigenvalue weighted by atomic mass is 35.5. The lowest BCUT2D eigenvalue weighted by atomic mass is 9.76.